The van der Waals surface area contributed by atoms with Gasteiger partial charge in [-0.05, 0) is 6.07 Å². The van der Waals surface area contributed by atoms with Crippen LogP contribution >= 0.6 is 11.6 Å². The second-order valence-electron chi connectivity index (χ2n) is 2.45. The number of rotatable bonds is 2. The highest BCUT2D eigenvalue weighted by atomic mass is 35.5. The highest BCUT2D eigenvalue weighted by Crippen LogP contribution is 2.23. The Labute approximate surface area is 78.9 Å². The normalized spacial score (nSPS) is 10.0. The van der Waals surface area contributed by atoms with E-state index < -0.39 is 17.3 Å². The van der Waals surface area contributed by atoms with Crippen LogP contribution in [0.15, 0.2) is 12.1 Å². The molecule has 0 saturated heterocycles. The van der Waals surface area contributed by atoms with Gasteiger partial charge in [0.05, 0.1) is 17.1 Å². The molecule has 3 N–H and O–H groups in total. The van der Waals surface area contributed by atoms with Crippen molar-refractivity contribution in [1.29, 1.82) is 0 Å². The molecule has 0 atom stereocenters. The first-order valence-electron chi connectivity index (χ1n) is 3.43. The highest BCUT2D eigenvalue weighted by molar-refractivity contribution is 6.30. The maximum absolute atomic E-state index is 12.7. The number of phenolic OH excluding ortho intramolecular Hbond substituents is 1. The van der Waals surface area contributed by atoms with Gasteiger partial charge in [0.2, 0.25) is 0 Å². The molecule has 1 aromatic carbocycles. The average molecular weight is 204 g/mol. The number of aromatic hydroxyl groups is 1. The van der Waals surface area contributed by atoms with Gasteiger partial charge in [0, 0.05) is 6.07 Å². The maximum Gasteiger partial charge on any atom is 0.181 e. The molecule has 0 amide bonds. The molecule has 0 unspecified atom stereocenters. The third kappa shape index (κ3) is 1.89. The van der Waals surface area contributed by atoms with Gasteiger partial charge in [-0.15, -0.1) is 11.6 Å². The summed E-state index contributed by atoms with van der Waals surface area (Å²) in [6.45, 7) is 0. The molecule has 0 aromatic heterocycles. The molecule has 0 bridgehead atoms. The summed E-state index contributed by atoms with van der Waals surface area (Å²) >= 11 is 5.26. The van der Waals surface area contributed by atoms with Crippen molar-refractivity contribution in [3.8, 4) is 5.75 Å². The first-order valence-corrected chi connectivity index (χ1v) is 3.97. The van der Waals surface area contributed by atoms with E-state index in [9.17, 15) is 9.18 Å². The Hall–Kier alpha value is -1.29. The molecule has 0 radical (unpaired) electrons. The number of halogens is 2. The molecule has 0 aliphatic rings. The summed E-state index contributed by atoms with van der Waals surface area (Å²) in [6, 6.07) is 1.85. The maximum atomic E-state index is 12.7. The molecule has 0 saturated carbocycles. The van der Waals surface area contributed by atoms with E-state index in [1.165, 1.54) is 0 Å². The van der Waals surface area contributed by atoms with Gasteiger partial charge in [0.25, 0.3) is 0 Å². The number of carbonyl (C=O) groups excluding carboxylic acids is 1. The van der Waals surface area contributed by atoms with Crippen molar-refractivity contribution in [2.75, 3.05) is 11.6 Å². The Bertz CT molecular complexity index is 354. The van der Waals surface area contributed by atoms with Crippen LogP contribution in [0.2, 0.25) is 0 Å². The monoisotopic (exact) mass is 203 g/mol. The standard InChI is InChI=1S/C8H7ClFNO2/c9-3-8(13)4-1-6(11)5(10)2-7(4)12/h1-2,12H,3,11H2. The largest absolute Gasteiger partial charge is 0.507 e. The van der Waals surface area contributed by atoms with Crippen LogP contribution in [0.5, 0.6) is 5.75 Å². The number of carbonyl (C=O) groups is 1. The summed E-state index contributed by atoms with van der Waals surface area (Å²) in [6.07, 6.45) is 0. The van der Waals surface area contributed by atoms with Crippen molar-refractivity contribution in [3.63, 3.8) is 0 Å². The second kappa shape index (κ2) is 3.62. The van der Waals surface area contributed by atoms with E-state index in [-0.39, 0.29) is 17.1 Å². The Morgan fingerprint density at radius 1 is 1.62 bits per heavy atom. The van der Waals surface area contributed by atoms with E-state index in [2.05, 4.69) is 0 Å². The van der Waals surface area contributed by atoms with Crippen molar-refractivity contribution in [1.82, 2.24) is 0 Å². The summed E-state index contributed by atoms with van der Waals surface area (Å²) in [5, 5.41) is 9.14. The van der Waals surface area contributed by atoms with Crippen LogP contribution in [0.4, 0.5) is 10.1 Å². The Balaban J connectivity index is 3.23. The lowest BCUT2D eigenvalue weighted by Crippen LogP contribution is -2.03. The van der Waals surface area contributed by atoms with Crippen molar-refractivity contribution in [3.05, 3.63) is 23.5 Å². The molecule has 5 heteroatoms. The molecule has 0 aliphatic heterocycles. The number of nitrogen functional groups attached to an aromatic ring is 1. The third-order valence-electron chi connectivity index (χ3n) is 1.54. The van der Waals surface area contributed by atoms with Crippen molar-refractivity contribution >= 4 is 23.1 Å². The number of benzene rings is 1. The predicted octanol–water partition coefficient (Wildman–Crippen LogP) is 1.53. The van der Waals surface area contributed by atoms with Crippen LogP contribution in [0, 0.1) is 5.82 Å². The van der Waals surface area contributed by atoms with Crippen molar-refractivity contribution in [2.24, 2.45) is 0 Å². The van der Waals surface area contributed by atoms with E-state index in [1.54, 1.807) is 0 Å². The summed E-state index contributed by atoms with van der Waals surface area (Å²) in [5.74, 6) is -1.98. The smallest absolute Gasteiger partial charge is 0.181 e. The van der Waals surface area contributed by atoms with Crippen molar-refractivity contribution in [2.45, 2.75) is 0 Å². The van der Waals surface area contributed by atoms with Crippen LogP contribution in [0.1, 0.15) is 10.4 Å². The van der Waals surface area contributed by atoms with Gasteiger partial charge in [-0.2, -0.15) is 0 Å². The molecular formula is C8H7ClFNO2. The lowest BCUT2D eigenvalue weighted by atomic mass is 10.1. The Morgan fingerprint density at radius 2 is 2.23 bits per heavy atom. The second-order valence-corrected chi connectivity index (χ2v) is 2.71. The van der Waals surface area contributed by atoms with Gasteiger partial charge in [0.1, 0.15) is 11.6 Å². The lowest BCUT2D eigenvalue weighted by Gasteiger charge is -2.03. The molecular weight excluding hydrogens is 197 g/mol. The topological polar surface area (TPSA) is 63.3 Å². The fraction of sp³-hybridized carbons (Fsp3) is 0.125. The van der Waals surface area contributed by atoms with Gasteiger partial charge in [-0.3, -0.25) is 4.79 Å². The zero-order valence-electron chi connectivity index (χ0n) is 6.55. The number of nitrogens with two attached hydrogens (primary N) is 1. The molecule has 1 aromatic rings. The van der Waals surface area contributed by atoms with Gasteiger partial charge in [-0.1, -0.05) is 0 Å². The molecule has 1 rings (SSSR count). The van der Waals surface area contributed by atoms with Gasteiger partial charge in [0.15, 0.2) is 5.78 Å². The van der Waals surface area contributed by atoms with Gasteiger partial charge >= 0.3 is 0 Å². The zero-order chi connectivity index (χ0) is 10.0. The Morgan fingerprint density at radius 3 is 2.77 bits per heavy atom. The molecule has 13 heavy (non-hydrogen) atoms. The van der Waals surface area contributed by atoms with E-state index in [0.29, 0.717) is 0 Å². The summed E-state index contributed by atoms with van der Waals surface area (Å²) in [4.78, 5) is 11.0. The first kappa shape index (κ1) is 9.80. The van der Waals surface area contributed by atoms with E-state index >= 15 is 0 Å². The van der Waals surface area contributed by atoms with Crippen LogP contribution in [0.25, 0.3) is 0 Å². The van der Waals surface area contributed by atoms with Crippen molar-refractivity contribution < 1.29 is 14.3 Å². The van der Waals surface area contributed by atoms with Crippen LogP contribution in [-0.2, 0) is 0 Å². The molecule has 0 heterocycles. The summed E-state index contributed by atoms with van der Waals surface area (Å²) < 4.78 is 12.7. The van der Waals surface area contributed by atoms with Crippen LogP contribution < -0.4 is 5.73 Å². The van der Waals surface area contributed by atoms with Crippen LogP contribution in [-0.4, -0.2) is 16.8 Å². The minimum Gasteiger partial charge on any atom is -0.507 e. The zero-order valence-corrected chi connectivity index (χ0v) is 7.31. The number of Topliss-reactive ketones (excluding diaryl/α,β-unsaturated/α-hetero) is 1. The number of ketones is 1. The summed E-state index contributed by atoms with van der Waals surface area (Å²) in [5.41, 5.74) is 4.95. The minimum absolute atomic E-state index is 0.0612. The summed E-state index contributed by atoms with van der Waals surface area (Å²) in [7, 11) is 0. The van der Waals surface area contributed by atoms with E-state index in [0.717, 1.165) is 12.1 Å². The number of hydrogen-bond donors (Lipinski definition) is 2. The van der Waals surface area contributed by atoms with E-state index in [1.807, 2.05) is 0 Å². The lowest BCUT2D eigenvalue weighted by molar-refractivity contribution is 0.101. The van der Waals surface area contributed by atoms with Gasteiger partial charge in [-0.25, -0.2) is 4.39 Å². The number of phenols is 1. The number of alkyl halides is 1. The van der Waals surface area contributed by atoms with E-state index in [4.69, 9.17) is 22.4 Å². The molecule has 0 aliphatic carbocycles. The quantitative estimate of drug-likeness (QED) is 0.332. The number of anilines is 1. The molecule has 70 valence electrons. The highest BCUT2D eigenvalue weighted by Gasteiger charge is 2.12. The fourth-order valence-corrected chi connectivity index (χ4v) is 1.02. The van der Waals surface area contributed by atoms with Gasteiger partial charge < -0.3 is 10.8 Å². The molecule has 0 spiro atoms. The first-order chi connectivity index (χ1) is 6.06. The number of hydrogen-bond acceptors (Lipinski definition) is 3. The fourth-order valence-electron chi connectivity index (χ4n) is 0.875. The predicted molar refractivity (Wildman–Crippen MR) is 47.5 cm³/mol. The van der Waals surface area contributed by atoms with Crippen LogP contribution in [0.3, 0.4) is 0 Å². The SMILES string of the molecule is Nc1cc(C(=O)CCl)c(O)cc1F. The minimum atomic E-state index is -0.761. The average Bonchev–Trinajstić information content (AvgIpc) is 2.10. The molecule has 0 fully saturated rings. The Kier molecular flexibility index (Phi) is 2.72. The molecule has 3 nitrogen and oxygen atoms in total. The third-order valence-corrected chi connectivity index (χ3v) is 1.78.